The second-order valence-electron chi connectivity index (χ2n) is 4.95. The standard InChI is InChI=1S/C10H19ClO2/c1-9(2,12)7-4-5-10(3,13)8(11)6-7/h7-8,12-13H,4-6H2,1-3H3/t7-,8-,10-/m1/s1. The molecule has 1 rings (SSSR count). The van der Waals surface area contributed by atoms with E-state index < -0.39 is 11.2 Å². The van der Waals surface area contributed by atoms with Crippen LogP contribution in [0.15, 0.2) is 0 Å². The van der Waals surface area contributed by atoms with Crippen LogP contribution < -0.4 is 0 Å². The van der Waals surface area contributed by atoms with E-state index in [0.29, 0.717) is 12.8 Å². The monoisotopic (exact) mass is 206 g/mol. The van der Waals surface area contributed by atoms with Crippen LogP contribution in [0.2, 0.25) is 0 Å². The van der Waals surface area contributed by atoms with Gasteiger partial charge in [0, 0.05) is 0 Å². The fourth-order valence-electron chi connectivity index (χ4n) is 1.89. The minimum absolute atomic E-state index is 0.204. The SMILES string of the molecule is CC(C)(O)[C@@H]1CC[C@@](C)(O)[C@H](Cl)C1. The molecule has 1 aliphatic rings. The van der Waals surface area contributed by atoms with Crippen molar-refractivity contribution in [2.45, 2.75) is 56.6 Å². The maximum absolute atomic E-state index is 9.81. The third-order valence-electron chi connectivity index (χ3n) is 3.16. The van der Waals surface area contributed by atoms with E-state index >= 15 is 0 Å². The van der Waals surface area contributed by atoms with Crippen molar-refractivity contribution < 1.29 is 10.2 Å². The lowest BCUT2D eigenvalue weighted by Gasteiger charge is -2.41. The molecule has 2 nitrogen and oxygen atoms in total. The van der Waals surface area contributed by atoms with Crippen molar-refractivity contribution >= 4 is 11.6 Å². The van der Waals surface area contributed by atoms with E-state index in [9.17, 15) is 10.2 Å². The van der Waals surface area contributed by atoms with Crippen molar-refractivity contribution in [3.63, 3.8) is 0 Å². The molecule has 0 amide bonds. The topological polar surface area (TPSA) is 40.5 Å². The van der Waals surface area contributed by atoms with Gasteiger partial charge < -0.3 is 10.2 Å². The molecule has 0 heterocycles. The molecule has 0 saturated heterocycles. The Morgan fingerprint density at radius 1 is 1.46 bits per heavy atom. The first kappa shape index (κ1) is 11.3. The minimum Gasteiger partial charge on any atom is -0.390 e. The van der Waals surface area contributed by atoms with E-state index in [2.05, 4.69) is 0 Å². The Hall–Kier alpha value is 0.210. The quantitative estimate of drug-likeness (QED) is 0.644. The summed E-state index contributed by atoms with van der Waals surface area (Å²) in [7, 11) is 0. The largest absolute Gasteiger partial charge is 0.390 e. The molecular weight excluding hydrogens is 188 g/mol. The van der Waals surface area contributed by atoms with Gasteiger partial charge in [-0.15, -0.1) is 11.6 Å². The lowest BCUT2D eigenvalue weighted by atomic mass is 9.73. The van der Waals surface area contributed by atoms with E-state index in [1.54, 1.807) is 20.8 Å². The van der Waals surface area contributed by atoms with Gasteiger partial charge in [-0.2, -0.15) is 0 Å². The Kier molecular flexibility index (Phi) is 2.96. The van der Waals surface area contributed by atoms with Crippen molar-refractivity contribution in [3.8, 4) is 0 Å². The summed E-state index contributed by atoms with van der Waals surface area (Å²) in [6.07, 6.45) is 2.22. The van der Waals surface area contributed by atoms with E-state index in [1.165, 1.54) is 0 Å². The van der Waals surface area contributed by atoms with Crippen molar-refractivity contribution in [2.24, 2.45) is 5.92 Å². The Bertz CT molecular complexity index is 184. The summed E-state index contributed by atoms with van der Waals surface area (Å²) >= 11 is 6.05. The summed E-state index contributed by atoms with van der Waals surface area (Å²) in [6, 6.07) is 0. The van der Waals surface area contributed by atoms with Gasteiger partial charge in [-0.05, 0) is 46.0 Å². The molecular formula is C10H19ClO2. The van der Waals surface area contributed by atoms with Gasteiger partial charge in [0.05, 0.1) is 16.6 Å². The summed E-state index contributed by atoms with van der Waals surface area (Å²) in [5.41, 5.74) is -1.44. The van der Waals surface area contributed by atoms with Gasteiger partial charge >= 0.3 is 0 Å². The molecule has 2 N–H and O–H groups in total. The summed E-state index contributed by atoms with van der Waals surface area (Å²) in [5.74, 6) is 0.204. The zero-order valence-corrected chi connectivity index (χ0v) is 9.30. The molecule has 13 heavy (non-hydrogen) atoms. The average Bonchev–Trinajstić information content (AvgIpc) is 1.92. The summed E-state index contributed by atoms with van der Waals surface area (Å²) < 4.78 is 0. The molecule has 1 fully saturated rings. The van der Waals surface area contributed by atoms with Crippen LogP contribution in [0.1, 0.15) is 40.0 Å². The smallest absolute Gasteiger partial charge is 0.0782 e. The van der Waals surface area contributed by atoms with Crippen molar-refractivity contribution in [1.29, 1.82) is 0 Å². The molecule has 0 aromatic heterocycles. The predicted molar refractivity (Wildman–Crippen MR) is 53.9 cm³/mol. The third-order valence-corrected chi connectivity index (χ3v) is 3.81. The second kappa shape index (κ2) is 3.41. The first-order chi connectivity index (χ1) is 5.73. The zero-order chi connectivity index (χ0) is 10.3. The van der Waals surface area contributed by atoms with Gasteiger partial charge in [0.25, 0.3) is 0 Å². The summed E-state index contributed by atoms with van der Waals surface area (Å²) in [5, 5.41) is 19.4. The van der Waals surface area contributed by atoms with Gasteiger partial charge in [0.2, 0.25) is 0 Å². The third kappa shape index (κ3) is 2.58. The molecule has 0 aliphatic heterocycles. The average molecular weight is 207 g/mol. The number of hydrogen-bond donors (Lipinski definition) is 2. The van der Waals surface area contributed by atoms with Crippen LogP contribution >= 0.6 is 11.6 Å². The molecule has 0 aromatic rings. The molecule has 0 radical (unpaired) electrons. The Balaban J connectivity index is 2.61. The summed E-state index contributed by atoms with van der Waals surface area (Å²) in [4.78, 5) is 0. The van der Waals surface area contributed by atoms with Crippen LogP contribution in [0.5, 0.6) is 0 Å². The highest BCUT2D eigenvalue weighted by atomic mass is 35.5. The predicted octanol–water partition coefficient (Wildman–Crippen LogP) is 1.92. The van der Waals surface area contributed by atoms with Gasteiger partial charge in [-0.1, -0.05) is 0 Å². The van der Waals surface area contributed by atoms with Crippen LogP contribution in [-0.2, 0) is 0 Å². The molecule has 3 atom stereocenters. The lowest BCUT2D eigenvalue weighted by molar-refractivity contribution is -0.0481. The molecule has 1 saturated carbocycles. The molecule has 0 bridgehead atoms. The molecule has 0 unspecified atom stereocenters. The highest BCUT2D eigenvalue weighted by Crippen LogP contribution is 2.39. The van der Waals surface area contributed by atoms with E-state index in [4.69, 9.17) is 11.6 Å². The van der Waals surface area contributed by atoms with Gasteiger partial charge in [-0.3, -0.25) is 0 Å². The molecule has 0 aromatic carbocycles. The van der Waals surface area contributed by atoms with E-state index in [1.807, 2.05) is 0 Å². The molecule has 0 spiro atoms. The van der Waals surface area contributed by atoms with Gasteiger partial charge in [0.15, 0.2) is 0 Å². The van der Waals surface area contributed by atoms with Crippen LogP contribution in [0, 0.1) is 5.92 Å². The summed E-state index contributed by atoms with van der Waals surface area (Å²) in [6.45, 7) is 5.38. The Morgan fingerprint density at radius 2 is 2.00 bits per heavy atom. The van der Waals surface area contributed by atoms with E-state index in [0.717, 1.165) is 6.42 Å². The Labute approximate surface area is 84.9 Å². The van der Waals surface area contributed by atoms with Crippen LogP contribution in [0.4, 0.5) is 0 Å². The maximum Gasteiger partial charge on any atom is 0.0782 e. The number of halogens is 1. The maximum atomic E-state index is 9.81. The van der Waals surface area contributed by atoms with Crippen molar-refractivity contribution in [3.05, 3.63) is 0 Å². The fourth-order valence-corrected chi connectivity index (χ4v) is 2.21. The highest BCUT2D eigenvalue weighted by molar-refractivity contribution is 6.21. The first-order valence-electron chi connectivity index (χ1n) is 4.82. The number of alkyl halides is 1. The second-order valence-corrected chi connectivity index (χ2v) is 5.48. The minimum atomic E-state index is -0.761. The number of rotatable bonds is 1. The van der Waals surface area contributed by atoms with E-state index in [-0.39, 0.29) is 11.3 Å². The van der Waals surface area contributed by atoms with Crippen molar-refractivity contribution in [2.75, 3.05) is 0 Å². The highest BCUT2D eigenvalue weighted by Gasteiger charge is 2.41. The molecule has 3 heteroatoms. The van der Waals surface area contributed by atoms with Gasteiger partial charge in [0.1, 0.15) is 0 Å². The van der Waals surface area contributed by atoms with Crippen molar-refractivity contribution in [1.82, 2.24) is 0 Å². The van der Waals surface area contributed by atoms with Gasteiger partial charge in [-0.25, -0.2) is 0 Å². The molecule has 1 aliphatic carbocycles. The zero-order valence-electron chi connectivity index (χ0n) is 8.55. The normalized spacial score (nSPS) is 42.0. The van der Waals surface area contributed by atoms with Crippen LogP contribution in [0.3, 0.4) is 0 Å². The Morgan fingerprint density at radius 3 is 2.38 bits per heavy atom. The number of aliphatic hydroxyl groups is 2. The number of hydrogen-bond acceptors (Lipinski definition) is 2. The first-order valence-corrected chi connectivity index (χ1v) is 5.26. The lowest BCUT2D eigenvalue weighted by Crippen LogP contribution is -2.46. The van der Waals surface area contributed by atoms with Crippen LogP contribution in [0.25, 0.3) is 0 Å². The fraction of sp³-hybridized carbons (Fsp3) is 1.00. The molecule has 78 valence electrons. The van der Waals surface area contributed by atoms with Crippen LogP contribution in [-0.4, -0.2) is 26.8 Å².